The van der Waals surface area contributed by atoms with Crippen molar-refractivity contribution >= 4 is 11.8 Å². The van der Waals surface area contributed by atoms with E-state index in [9.17, 15) is 5.11 Å². The number of terminal acetylenes is 1. The lowest BCUT2D eigenvalue weighted by Crippen LogP contribution is -2.27. The minimum absolute atomic E-state index is 0.557. The molecule has 0 fully saturated rings. The zero-order valence-corrected chi connectivity index (χ0v) is 9.28. The summed E-state index contributed by atoms with van der Waals surface area (Å²) < 4.78 is 0. The highest BCUT2D eigenvalue weighted by molar-refractivity contribution is 7.99. The smallest absolute Gasteiger partial charge is 0.0603 e. The highest BCUT2D eigenvalue weighted by atomic mass is 32.2. The molecular weight excluding hydrogens is 182 g/mol. The fourth-order valence-electron chi connectivity index (χ4n) is 0.795. The van der Waals surface area contributed by atoms with E-state index >= 15 is 0 Å². The quantitative estimate of drug-likeness (QED) is 0.478. The highest BCUT2D eigenvalue weighted by Crippen LogP contribution is 2.04. The Balaban J connectivity index is 3.05. The summed E-state index contributed by atoms with van der Waals surface area (Å²) in [5.74, 6) is 4.40. The van der Waals surface area contributed by atoms with E-state index in [0.717, 1.165) is 31.0 Å². The second-order valence-corrected chi connectivity index (χ2v) is 4.67. The maximum absolute atomic E-state index is 9.39. The lowest BCUT2D eigenvalue weighted by atomic mass is 10.1. The van der Waals surface area contributed by atoms with Gasteiger partial charge in [-0.3, -0.25) is 0 Å². The normalized spacial score (nSPS) is 11.2. The van der Waals surface area contributed by atoms with Crippen LogP contribution in [0.25, 0.3) is 0 Å². The van der Waals surface area contributed by atoms with Gasteiger partial charge in [-0.25, -0.2) is 0 Å². The van der Waals surface area contributed by atoms with Crippen LogP contribution in [-0.2, 0) is 0 Å². The molecule has 0 saturated carbocycles. The first kappa shape index (κ1) is 12.8. The summed E-state index contributed by atoms with van der Waals surface area (Å²) in [6.07, 6.45) is 5.89. The maximum atomic E-state index is 9.39. The lowest BCUT2D eigenvalue weighted by Gasteiger charge is -2.16. The summed E-state index contributed by atoms with van der Waals surface area (Å²) in [7, 11) is 0. The van der Waals surface area contributed by atoms with E-state index in [1.54, 1.807) is 11.8 Å². The molecule has 2 nitrogen and oxygen atoms in total. The molecule has 0 radical (unpaired) electrons. The number of hydrogen-bond acceptors (Lipinski definition) is 3. The number of aliphatic hydroxyl groups is 1. The standard InChI is InChI=1S/C10H19NOS/c1-4-8-13-9-7-11-6-5-10(2,3)12/h1,11-12H,5-9H2,2-3H3. The highest BCUT2D eigenvalue weighted by Gasteiger charge is 2.10. The Morgan fingerprint density at radius 1 is 1.46 bits per heavy atom. The van der Waals surface area contributed by atoms with Crippen LogP contribution < -0.4 is 5.32 Å². The average molecular weight is 201 g/mol. The number of hydrogen-bond donors (Lipinski definition) is 2. The average Bonchev–Trinajstić information content (AvgIpc) is 2.01. The summed E-state index contributed by atoms with van der Waals surface area (Å²) in [6.45, 7) is 5.46. The Kier molecular flexibility index (Phi) is 7.16. The van der Waals surface area contributed by atoms with Gasteiger partial charge in [-0.05, 0) is 26.8 Å². The van der Waals surface area contributed by atoms with Crippen molar-refractivity contribution in [2.75, 3.05) is 24.6 Å². The van der Waals surface area contributed by atoms with Crippen molar-refractivity contribution in [2.24, 2.45) is 0 Å². The summed E-state index contributed by atoms with van der Waals surface area (Å²) in [5.41, 5.74) is -0.557. The molecule has 0 aromatic carbocycles. The third-order valence-corrected chi connectivity index (χ3v) is 2.39. The molecule has 0 heterocycles. The maximum Gasteiger partial charge on any atom is 0.0603 e. The molecular formula is C10H19NOS. The van der Waals surface area contributed by atoms with Gasteiger partial charge in [0, 0.05) is 12.3 Å². The van der Waals surface area contributed by atoms with Gasteiger partial charge in [-0.1, -0.05) is 5.92 Å². The first-order valence-corrected chi connectivity index (χ1v) is 5.66. The molecule has 76 valence electrons. The predicted octanol–water partition coefficient (Wildman–Crippen LogP) is 1.10. The van der Waals surface area contributed by atoms with E-state index in [0.29, 0.717) is 0 Å². The molecule has 0 aliphatic carbocycles. The fraction of sp³-hybridized carbons (Fsp3) is 0.800. The first-order chi connectivity index (χ1) is 6.06. The van der Waals surface area contributed by atoms with Crippen molar-refractivity contribution in [3.63, 3.8) is 0 Å². The van der Waals surface area contributed by atoms with Crippen molar-refractivity contribution in [1.29, 1.82) is 0 Å². The Labute approximate surface area is 85.5 Å². The predicted molar refractivity (Wildman–Crippen MR) is 59.9 cm³/mol. The van der Waals surface area contributed by atoms with Gasteiger partial charge in [0.05, 0.1) is 11.4 Å². The summed E-state index contributed by atoms with van der Waals surface area (Å²) >= 11 is 1.75. The molecule has 0 aliphatic rings. The minimum Gasteiger partial charge on any atom is -0.390 e. The van der Waals surface area contributed by atoms with Crippen LogP contribution in [0.15, 0.2) is 0 Å². The van der Waals surface area contributed by atoms with Gasteiger partial charge in [0.15, 0.2) is 0 Å². The molecule has 0 aromatic rings. The molecule has 13 heavy (non-hydrogen) atoms. The zero-order valence-electron chi connectivity index (χ0n) is 8.47. The van der Waals surface area contributed by atoms with Gasteiger partial charge in [0.2, 0.25) is 0 Å². The third-order valence-electron chi connectivity index (χ3n) is 1.52. The van der Waals surface area contributed by atoms with Gasteiger partial charge < -0.3 is 10.4 Å². The number of nitrogens with one attached hydrogen (secondary N) is 1. The largest absolute Gasteiger partial charge is 0.390 e. The minimum atomic E-state index is -0.557. The molecule has 2 N–H and O–H groups in total. The van der Waals surface area contributed by atoms with Crippen LogP contribution >= 0.6 is 11.8 Å². The molecule has 0 atom stereocenters. The Morgan fingerprint density at radius 3 is 2.69 bits per heavy atom. The van der Waals surface area contributed by atoms with Crippen LogP contribution in [-0.4, -0.2) is 35.3 Å². The molecule has 0 aromatic heterocycles. The zero-order chi connectivity index (χ0) is 10.2. The van der Waals surface area contributed by atoms with Crippen LogP contribution in [0.2, 0.25) is 0 Å². The van der Waals surface area contributed by atoms with Crippen molar-refractivity contribution in [3.05, 3.63) is 0 Å². The number of thioether (sulfide) groups is 1. The van der Waals surface area contributed by atoms with Gasteiger partial charge in [-0.15, -0.1) is 18.2 Å². The van der Waals surface area contributed by atoms with Gasteiger partial charge in [0.25, 0.3) is 0 Å². The van der Waals surface area contributed by atoms with Crippen LogP contribution in [0, 0.1) is 12.3 Å². The second kappa shape index (κ2) is 7.25. The van der Waals surface area contributed by atoms with Crippen LogP contribution in [0.3, 0.4) is 0 Å². The van der Waals surface area contributed by atoms with E-state index in [4.69, 9.17) is 6.42 Å². The van der Waals surface area contributed by atoms with Gasteiger partial charge >= 0.3 is 0 Å². The number of rotatable bonds is 7. The molecule has 0 saturated heterocycles. The van der Waals surface area contributed by atoms with E-state index in [-0.39, 0.29) is 0 Å². The second-order valence-electron chi connectivity index (χ2n) is 3.57. The molecule has 0 unspecified atom stereocenters. The first-order valence-electron chi connectivity index (χ1n) is 4.50. The van der Waals surface area contributed by atoms with E-state index in [1.165, 1.54) is 0 Å². The molecule has 0 rings (SSSR count). The molecule has 0 spiro atoms. The monoisotopic (exact) mass is 201 g/mol. The van der Waals surface area contributed by atoms with Crippen molar-refractivity contribution < 1.29 is 5.11 Å². The van der Waals surface area contributed by atoms with Crippen molar-refractivity contribution in [3.8, 4) is 12.3 Å². The van der Waals surface area contributed by atoms with Crippen molar-refractivity contribution in [2.45, 2.75) is 25.9 Å². The Bertz CT molecular complexity index is 157. The van der Waals surface area contributed by atoms with E-state index < -0.39 is 5.60 Å². The SMILES string of the molecule is C#CCSCCNCCC(C)(C)O. The summed E-state index contributed by atoms with van der Waals surface area (Å²) in [6, 6.07) is 0. The Morgan fingerprint density at radius 2 is 2.15 bits per heavy atom. The van der Waals surface area contributed by atoms with Gasteiger partial charge in [-0.2, -0.15) is 0 Å². The lowest BCUT2D eigenvalue weighted by molar-refractivity contribution is 0.0714. The fourth-order valence-corrected chi connectivity index (χ4v) is 1.35. The molecule has 0 bridgehead atoms. The Hall–Kier alpha value is -0.170. The van der Waals surface area contributed by atoms with Crippen LogP contribution in [0.1, 0.15) is 20.3 Å². The topological polar surface area (TPSA) is 32.3 Å². The van der Waals surface area contributed by atoms with Crippen LogP contribution in [0.4, 0.5) is 0 Å². The third kappa shape index (κ3) is 11.8. The molecule has 3 heteroatoms. The summed E-state index contributed by atoms with van der Waals surface area (Å²) in [5, 5.41) is 12.6. The van der Waals surface area contributed by atoms with E-state index in [1.807, 2.05) is 13.8 Å². The molecule has 0 aliphatic heterocycles. The van der Waals surface area contributed by atoms with E-state index in [2.05, 4.69) is 11.2 Å². The van der Waals surface area contributed by atoms with Crippen molar-refractivity contribution in [1.82, 2.24) is 5.32 Å². The molecule has 0 amide bonds. The van der Waals surface area contributed by atoms with Gasteiger partial charge in [0.1, 0.15) is 0 Å². The summed E-state index contributed by atoms with van der Waals surface area (Å²) in [4.78, 5) is 0. The van der Waals surface area contributed by atoms with Crippen LogP contribution in [0.5, 0.6) is 0 Å².